The van der Waals surface area contributed by atoms with E-state index in [0.29, 0.717) is 0 Å². The second-order valence-corrected chi connectivity index (χ2v) is 4.87. The molecule has 1 atom stereocenters. The molecule has 1 rings (SSSR count). The van der Waals surface area contributed by atoms with Crippen LogP contribution in [0.5, 0.6) is 0 Å². The van der Waals surface area contributed by atoms with Gasteiger partial charge in [0, 0.05) is 11.7 Å². The van der Waals surface area contributed by atoms with Gasteiger partial charge in [0.1, 0.15) is 6.42 Å². The summed E-state index contributed by atoms with van der Waals surface area (Å²) < 4.78 is 0. The topological polar surface area (TPSA) is 58.2 Å². The standard InChI is InChI=1S/C15H22N2O2/c1-5-12(4)16-13(18)9-14(19)17-15-10(2)7-6-8-11(15)3/h6-8,12H,5,9H2,1-4H3,(H,16,18)(H,17,19). The van der Waals surface area contributed by atoms with E-state index >= 15 is 0 Å². The van der Waals surface area contributed by atoms with Crippen LogP contribution in [0, 0.1) is 13.8 Å². The molecule has 0 aliphatic carbocycles. The lowest BCUT2D eigenvalue weighted by molar-refractivity contribution is -0.127. The lowest BCUT2D eigenvalue weighted by Crippen LogP contribution is -2.34. The third-order valence-corrected chi connectivity index (χ3v) is 3.09. The van der Waals surface area contributed by atoms with Crippen LogP contribution in [-0.4, -0.2) is 17.9 Å². The minimum Gasteiger partial charge on any atom is -0.353 e. The first-order valence-corrected chi connectivity index (χ1v) is 6.59. The van der Waals surface area contributed by atoms with E-state index in [9.17, 15) is 9.59 Å². The molecule has 0 bridgehead atoms. The zero-order valence-electron chi connectivity index (χ0n) is 12.0. The molecule has 0 aliphatic heterocycles. The van der Waals surface area contributed by atoms with Crippen LogP contribution in [0.1, 0.15) is 37.8 Å². The van der Waals surface area contributed by atoms with Crippen molar-refractivity contribution in [3.8, 4) is 0 Å². The Labute approximate surface area is 114 Å². The summed E-state index contributed by atoms with van der Waals surface area (Å²) in [7, 11) is 0. The van der Waals surface area contributed by atoms with Gasteiger partial charge in [-0.1, -0.05) is 25.1 Å². The fraction of sp³-hybridized carbons (Fsp3) is 0.467. The molecule has 1 unspecified atom stereocenters. The third-order valence-electron chi connectivity index (χ3n) is 3.09. The van der Waals surface area contributed by atoms with Crippen LogP contribution in [0.2, 0.25) is 0 Å². The number of hydrogen-bond acceptors (Lipinski definition) is 2. The molecule has 104 valence electrons. The summed E-state index contributed by atoms with van der Waals surface area (Å²) >= 11 is 0. The smallest absolute Gasteiger partial charge is 0.233 e. The predicted octanol–water partition coefficient (Wildman–Crippen LogP) is 2.55. The fourth-order valence-electron chi connectivity index (χ4n) is 1.77. The maximum atomic E-state index is 11.8. The molecule has 4 heteroatoms. The van der Waals surface area contributed by atoms with Gasteiger partial charge in [0.25, 0.3) is 0 Å². The first kappa shape index (κ1) is 15.2. The van der Waals surface area contributed by atoms with Crippen LogP contribution >= 0.6 is 0 Å². The summed E-state index contributed by atoms with van der Waals surface area (Å²) in [4.78, 5) is 23.4. The first-order chi connectivity index (χ1) is 8.93. The normalized spacial score (nSPS) is 11.8. The number of nitrogens with one attached hydrogen (secondary N) is 2. The minimum absolute atomic E-state index is 0.0977. The van der Waals surface area contributed by atoms with Gasteiger partial charge >= 0.3 is 0 Å². The quantitative estimate of drug-likeness (QED) is 0.801. The van der Waals surface area contributed by atoms with E-state index < -0.39 is 0 Å². The summed E-state index contributed by atoms with van der Waals surface area (Å²) in [6, 6.07) is 5.90. The summed E-state index contributed by atoms with van der Waals surface area (Å²) in [5.41, 5.74) is 2.79. The van der Waals surface area contributed by atoms with Crippen molar-refractivity contribution in [1.29, 1.82) is 0 Å². The Balaban J connectivity index is 2.58. The SMILES string of the molecule is CCC(C)NC(=O)CC(=O)Nc1c(C)cccc1C. The average molecular weight is 262 g/mol. The maximum Gasteiger partial charge on any atom is 0.233 e. The van der Waals surface area contributed by atoms with E-state index in [4.69, 9.17) is 0 Å². The monoisotopic (exact) mass is 262 g/mol. The Kier molecular flexibility index (Phi) is 5.55. The highest BCUT2D eigenvalue weighted by Gasteiger charge is 2.13. The van der Waals surface area contributed by atoms with E-state index in [-0.39, 0.29) is 24.3 Å². The molecule has 1 aromatic rings. The lowest BCUT2D eigenvalue weighted by Gasteiger charge is -2.13. The van der Waals surface area contributed by atoms with Crippen LogP contribution < -0.4 is 10.6 Å². The summed E-state index contributed by atoms with van der Waals surface area (Å²) in [5, 5.41) is 5.58. The molecule has 0 aromatic heterocycles. The average Bonchev–Trinajstić information content (AvgIpc) is 2.33. The van der Waals surface area contributed by atoms with Gasteiger partial charge in [-0.05, 0) is 38.3 Å². The molecular formula is C15H22N2O2. The molecule has 0 saturated carbocycles. The second-order valence-electron chi connectivity index (χ2n) is 4.87. The number of aryl methyl sites for hydroxylation is 2. The number of rotatable bonds is 5. The van der Waals surface area contributed by atoms with E-state index in [1.807, 2.05) is 45.9 Å². The van der Waals surface area contributed by atoms with Crippen molar-refractivity contribution < 1.29 is 9.59 Å². The highest BCUT2D eigenvalue weighted by Crippen LogP contribution is 2.19. The number of carbonyl (C=O) groups is 2. The molecular weight excluding hydrogens is 240 g/mol. The number of hydrogen-bond donors (Lipinski definition) is 2. The van der Waals surface area contributed by atoms with Gasteiger partial charge in [-0.25, -0.2) is 0 Å². The number of benzene rings is 1. The van der Waals surface area contributed by atoms with Crippen LogP contribution in [0.25, 0.3) is 0 Å². The highest BCUT2D eigenvalue weighted by molar-refractivity contribution is 6.04. The van der Waals surface area contributed by atoms with E-state index in [1.165, 1.54) is 0 Å². The van der Waals surface area contributed by atoms with Crippen molar-refractivity contribution in [3.05, 3.63) is 29.3 Å². The van der Waals surface area contributed by atoms with Crippen molar-refractivity contribution in [3.63, 3.8) is 0 Å². The zero-order chi connectivity index (χ0) is 14.4. The molecule has 0 radical (unpaired) electrons. The number of anilines is 1. The van der Waals surface area contributed by atoms with E-state index in [2.05, 4.69) is 10.6 Å². The van der Waals surface area contributed by atoms with Gasteiger partial charge in [-0.3, -0.25) is 9.59 Å². The highest BCUT2D eigenvalue weighted by atomic mass is 16.2. The number of para-hydroxylation sites is 1. The molecule has 1 aromatic carbocycles. The summed E-state index contributed by atoms with van der Waals surface area (Å²) in [6.45, 7) is 7.77. The van der Waals surface area contributed by atoms with Crippen LogP contribution in [0.15, 0.2) is 18.2 Å². The molecule has 2 amide bonds. The summed E-state index contributed by atoms with van der Waals surface area (Å²) in [6.07, 6.45) is 0.711. The van der Waals surface area contributed by atoms with Gasteiger partial charge in [-0.2, -0.15) is 0 Å². The molecule has 0 saturated heterocycles. The van der Waals surface area contributed by atoms with E-state index in [1.54, 1.807) is 0 Å². The van der Waals surface area contributed by atoms with E-state index in [0.717, 1.165) is 23.2 Å². The van der Waals surface area contributed by atoms with Crippen LogP contribution in [-0.2, 0) is 9.59 Å². The number of amides is 2. The first-order valence-electron chi connectivity index (χ1n) is 6.59. The zero-order valence-corrected chi connectivity index (χ0v) is 12.0. The Morgan fingerprint density at radius 1 is 1.16 bits per heavy atom. The Morgan fingerprint density at radius 3 is 2.26 bits per heavy atom. The van der Waals surface area contributed by atoms with Crippen molar-refractivity contribution in [2.45, 2.75) is 46.6 Å². The largest absolute Gasteiger partial charge is 0.353 e. The van der Waals surface area contributed by atoms with Crippen molar-refractivity contribution in [2.24, 2.45) is 0 Å². The van der Waals surface area contributed by atoms with Gasteiger partial charge in [0.2, 0.25) is 11.8 Å². The summed E-state index contributed by atoms with van der Waals surface area (Å²) in [5.74, 6) is -0.517. The third kappa shape index (κ3) is 4.73. The molecule has 4 nitrogen and oxygen atoms in total. The molecule has 0 fully saturated rings. The lowest BCUT2D eigenvalue weighted by atomic mass is 10.1. The Hall–Kier alpha value is -1.84. The Morgan fingerprint density at radius 2 is 1.74 bits per heavy atom. The van der Waals surface area contributed by atoms with Gasteiger partial charge in [-0.15, -0.1) is 0 Å². The van der Waals surface area contributed by atoms with Crippen molar-refractivity contribution in [2.75, 3.05) is 5.32 Å². The van der Waals surface area contributed by atoms with Gasteiger partial charge in [0.15, 0.2) is 0 Å². The van der Waals surface area contributed by atoms with Gasteiger partial charge in [0.05, 0.1) is 0 Å². The van der Waals surface area contributed by atoms with Crippen molar-refractivity contribution >= 4 is 17.5 Å². The fourth-order valence-corrected chi connectivity index (χ4v) is 1.77. The Bertz CT molecular complexity index is 449. The molecule has 0 spiro atoms. The minimum atomic E-state index is -0.279. The van der Waals surface area contributed by atoms with Crippen molar-refractivity contribution in [1.82, 2.24) is 5.32 Å². The number of carbonyl (C=O) groups excluding carboxylic acids is 2. The molecule has 2 N–H and O–H groups in total. The van der Waals surface area contributed by atoms with Gasteiger partial charge < -0.3 is 10.6 Å². The molecule has 0 aliphatic rings. The maximum absolute atomic E-state index is 11.8. The second kappa shape index (κ2) is 6.92. The molecule has 19 heavy (non-hydrogen) atoms. The predicted molar refractivity (Wildman–Crippen MR) is 77.1 cm³/mol. The molecule has 0 heterocycles. The van der Waals surface area contributed by atoms with Crippen LogP contribution in [0.4, 0.5) is 5.69 Å². The van der Waals surface area contributed by atoms with Crippen LogP contribution in [0.3, 0.4) is 0 Å².